The van der Waals surface area contributed by atoms with E-state index in [1.807, 2.05) is 32.9 Å². The van der Waals surface area contributed by atoms with Gasteiger partial charge in [-0.05, 0) is 50.1 Å². The van der Waals surface area contributed by atoms with E-state index in [9.17, 15) is 14.0 Å². The molecule has 3 rings (SSSR count). The van der Waals surface area contributed by atoms with Gasteiger partial charge in [-0.3, -0.25) is 4.79 Å². The van der Waals surface area contributed by atoms with E-state index in [1.165, 1.54) is 17.0 Å². The van der Waals surface area contributed by atoms with E-state index in [-0.39, 0.29) is 24.4 Å². The molecule has 0 radical (unpaired) electrons. The smallest absolute Gasteiger partial charge is 0.319 e. The first-order chi connectivity index (χ1) is 12.3. The molecule has 136 valence electrons. The minimum atomic E-state index is -0.394. The second-order valence-corrected chi connectivity index (χ2v) is 6.76. The number of rotatable bonds is 3. The number of amides is 3. The molecule has 0 aromatic heterocycles. The van der Waals surface area contributed by atoms with Gasteiger partial charge in [0.25, 0.3) is 0 Å². The number of carbonyl (C=O) groups is 2. The van der Waals surface area contributed by atoms with Crippen LogP contribution >= 0.6 is 0 Å². The predicted octanol–water partition coefficient (Wildman–Crippen LogP) is 3.68. The van der Waals surface area contributed by atoms with Crippen LogP contribution < -0.4 is 15.5 Å². The van der Waals surface area contributed by atoms with Crippen molar-refractivity contribution in [2.45, 2.75) is 33.2 Å². The molecule has 26 heavy (non-hydrogen) atoms. The molecule has 0 bridgehead atoms. The lowest BCUT2D eigenvalue weighted by atomic mass is 10.1. The highest BCUT2D eigenvalue weighted by Crippen LogP contribution is 2.24. The van der Waals surface area contributed by atoms with Gasteiger partial charge in [0.2, 0.25) is 5.91 Å². The number of nitrogens with zero attached hydrogens (tertiary/aromatic N) is 1. The molecular weight excluding hydrogens is 333 g/mol. The minimum absolute atomic E-state index is 0.136. The van der Waals surface area contributed by atoms with Crippen molar-refractivity contribution in [1.29, 1.82) is 0 Å². The number of halogens is 1. The second-order valence-electron chi connectivity index (χ2n) is 6.76. The summed E-state index contributed by atoms with van der Waals surface area (Å²) >= 11 is 0. The average molecular weight is 355 g/mol. The second kappa shape index (κ2) is 7.15. The van der Waals surface area contributed by atoms with E-state index in [0.29, 0.717) is 12.2 Å². The van der Waals surface area contributed by atoms with Gasteiger partial charge in [-0.1, -0.05) is 23.8 Å². The maximum Gasteiger partial charge on any atom is 0.319 e. The first kappa shape index (κ1) is 17.9. The third kappa shape index (κ3) is 3.85. The van der Waals surface area contributed by atoms with Crippen LogP contribution in [0.3, 0.4) is 0 Å². The van der Waals surface area contributed by atoms with Gasteiger partial charge in [-0.2, -0.15) is 0 Å². The fourth-order valence-corrected chi connectivity index (χ4v) is 3.41. The lowest BCUT2D eigenvalue weighted by Gasteiger charge is -2.18. The van der Waals surface area contributed by atoms with Gasteiger partial charge in [0.15, 0.2) is 0 Å². The SMILES string of the molecule is Cc1cc(C)c(NC(=O)NC2CC(=O)N(c3cccc(F)c3)C2)c(C)c1. The number of hydrogen-bond donors (Lipinski definition) is 2. The molecule has 1 aliphatic heterocycles. The molecule has 1 fully saturated rings. The molecule has 2 aromatic carbocycles. The topological polar surface area (TPSA) is 61.4 Å². The highest BCUT2D eigenvalue weighted by Gasteiger charge is 2.31. The van der Waals surface area contributed by atoms with Crippen LogP contribution in [0.15, 0.2) is 36.4 Å². The number of carbonyl (C=O) groups excluding carboxylic acids is 2. The summed E-state index contributed by atoms with van der Waals surface area (Å²) in [7, 11) is 0. The summed E-state index contributed by atoms with van der Waals surface area (Å²) in [6.07, 6.45) is 0.190. The van der Waals surface area contributed by atoms with Gasteiger partial charge in [0.05, 0.1) is 6.04 Å². The molecule has 0 spiro atoms. The Balaban J connectivity index is 1.65. The van der Waals surface area contributed by atoms with Gasteiger partial charge in [-0.25, -0.2) is 9.18 Å². The highest BCUT2D eigenvalue weighted by molar-refractivity contribution is 5.98. The molecule has 2 N–H and O–H groups in total. The van der Waals surface area contributed by atoms with E-state index in [1.54, 1.807) is 12.1 Å². The van der Waals surface area contributed by atoms with Crippen LogP contribution in [0.4, 0.5) is 20.6 Å². The van der Waals surface area contributed by atoms with Crippen LogP contribution in [0.5, 0.6) is 0 Å². The zero-order valence-electron chi connectivity index (χ0n) is 15.1. The van der Waals surface area contributed by atoms with Crippen LogP contribution in [0.25, 0.3) is 0 Å². The number of nitrogens with one attached hydrogen (secondary N) is 2. The van der Waals surface area contributed by atoms with Crippen LogP contribution in [0.2, 0.25) is 0 Å². The van der Waals surface area contributed by atoms with Gasteiger partial charge in [-0.15, -0.1) is 0 Å². The Morgan fingerprint density at radius 2 is 1.85 bits per heavy atom. The molecule has 3 amide bonds. The Morgan fingerprint density at radius 3 is 2.50 bits per heavy atom. The van der Waals surface area contributed by atoms with Crippen molar-refractivity contribution in [2.24, 2.45) is 0 Å². The number of hydrogen-bond acceptors (Lipinski definition) is 2. The van der Waals surface area contributed by atoms with Crippen molar-refractivity contribution in [1.82, 2.24) is 5.32 Å². The van der Waals surface area contributed by atoms with Crippen LogP contribution in [0, 0.1) is 26.6 Å². The predicted molar refractivity (Wildman–Crippen MR) is 100.0 cm³/mol. The van der Waals surface area contributed by atoms with Crippen LogP contribution in [0.1, 0.15) is 23.1 Å². The monoisotopic (exact) mass is 355 g/mol. The summed E-state index contributed by atoms with van der Waals surface area (Å²) in [5, 5.41) is 5.71. The van der Waals surface area contributed by atoms with E-state index in [4.69, 9.17) is 0 Å². The molecule has 0 saturated carbocycles. The molecule has 6 heteroatoms. The number of urea groups is 1. The first-order valence-corrected chi connectivity index (χ1v) is 8.55. The Kier molecular flexibility index (Phi) is 4.93. The van der Waals surface area contributed by atoms with Crippen LogP contribution in [-0.4, -0.2) is 24.5 Å². The van der Waals surface area contributed by atoms with Crippen molar-refractivity contribution < 1.29 is 14.0 Å². The minimum Gasteiger partial charge on any atom is -0.333 e. The first-order valence-electron chi connectivity index (χ1n) is 8.55. The fraction of sp³-hybridized carbons (Fsp3) is 0.300. The quantitative estimate of drug-likeness (QED) is 0.882. The third-order valence-electron chi connectivity index (χ3n) is 4.50. The maximum atomic E-state index is 13.4. The zero-order valence-corrected chi connectivity index (χ0v) is 15.1. The summed E-state index contributed by atoms with van der Waals surface area (Å²) in [5.41, 5.74) is 4.39. The zero-order chi connectivity index (χ0) is 18.8. The van der Waals surface area contributed by atoms with Crippen LogP contribution in [-0.2, 0) is 4.79 Å². The molecule has 1 saturated heterocycles. The van der Waals surface area contributed by atoms with E-state index < -0.39 is 5.82 Å². The van der Waals surface area contributed by atoms with E-state index in [2.05, 4.69) is 10.6 Å². The van der Waals surface area contributed by atoms with Crippen molar-refractivity contribution in [3.05, 3.63) is 58.9 Å². The summed E-state index contributed by atoms with van der Waals surface area (Å²) in [4.78, 5) is 26.1. The molecule has 1 heterocycles. The van der Waals surface area contributed by atoms with Crippen molar-refractivity contribution >= 4 is 23.3 Å². The lowest BCUT2D eigenvalue weighted by Crippen LogP contribution is -2.40. The van der Waals surface area contributed by atoms with Crippen molar-refractivity contribution in [3.8, 4) is 0 Å². The molecule has 0 aliphatic carbocycles. The van der Waals surface area contributed by atoms with Crippen molar-refractivity contribution in [2.75, 3.05) is 16.8 Å². The number of benzene rings is 2. The molecule has 1 aliphatic rings. The van der Waals surface area contributed by atoms with Gasteiger partial charge in [0, 0.05) is 24.3 Å². The average Bonchev–Trinajstić information content (AvgIpc) is 2.91. The Morgan fingerprint density at radius 1 is 1.15 bits per heavy atom. The maximum absolute atomic E-state index is 13.4. The largest absolute Gasteiger partial charge is 0.333 e. The molecule has 1 unspecified atom stereocenters. The molecule has 2 aromatic rings. The highest BCUT2D eigenvalue weighted by atomic mass is 19.1. The van der Waals surface area contributed by atoms with E-state index in [0.717, 1.165) is 22.4 Å². The molecular formula is C20H22FN3O2. The summed E-state index contributed by atoms with van der Waals surface area (Å²) in [6, 6.07) is 9.24. The molecule has 5 nitrogen and oxygen atoms in total. The third-order valence-corrected chi connectivity index (χ3v) is 4.50. The number of aryl methyl sites for hydroxylation is 3. The number of anilines is 2. The summed E-state index contributed by atoms with van der Waals surface area (Å²) < 4.78 is 13.4. The van der Waals surface area contributed by atoms with Crippen molar-refractivity contribution in [3.63, 3.8) is 0 Å². The van der Waals surface area contributed by atoms with Gasteiger partial charge >= 0.3 is 6.03 Å². The molecule has 1 atom stereocenters. The Hall–Kier alpha value is -2.89. The van der Waals surface area contributed by atoms with E-state index >= 15 is 0 Å². The normalized spacial score (nSPS) is 16.7. The lowest BCUT2D eigenvalue weighted by molar-refractivity contribution is -0.117. The van der Waals surface area contributed by atoms with Gasteiger partial charge in [0.1, 0.15) is 5.82 Å². The van der Waals surface area contributed by atoms with Gasteiger partial charge < -0.3 is 15.5 Å². The summed E-state index contributed by atoms with van der Waals surface area (Å²) in [5.74, 6) is -0.529. The standard InChI is InChI=1S/C20H22FN3O2/c1-12-7-13(2)19(14(3)8-12)23-20(26)22-16-10-18(25)24(11-16)17-6-4-5-15(21)9-17/h4-9,16H,10-11H2,1-3H3,(H2,22,23,26). The Labute approximate surface area is 152 Å². The Bertz CT molecular complexity index is 843. The fourth-order valence-electron chi connectivity index (χ4n) is 3.41. The summed E-state index contributed by atoms with van der Waals surface area (Å²) in [6.45, 7) is 6.22.